The normalized spacial score (nSPS) is 22.5. The molecule has 2 unspecified atom stereocenters. The summed E-state index contributed by atoms with van der Waals surface area (Å²) in [4.78, 5) is 25.4. The zero-order chi connectivity index (χ0) is 14.0. The number of nitrogens with zero attached hydrogens (tertiary/aromatic N) is 1. The minimum Gasteiger partial charge on any atom is -0.495 e. The molecule has 19 heavy (non-hydrogen) atoms. The van der Waals surface area contributed by atoms with Crippen LogP contribution >= 0.6 is 0 Å². The van der Waals surface area contributed by atoms with Crippen LogP contribution in [0.5, 0.6) is 5.75 Å². The van der Waals surface area contributed by atoms with Crippen molar-refractivity contribution in [1.29, 1.82) is 0 Å². The third-order valence-corrected chi connectivity index (χ3v) is 3.50. The van der Waals surface area contributed by atoms with E-state index in [1.54, 1.807) is 18.1 Å². The largest absolute Gasteiger partial charge is 0.495 e. The zero-order valence-electron chi connectivity index (χ0n) is 11.3. The van der Waals surface area contributed by atoms with Gasteiger partial charge in [-0.05, 0) is 19.1 Å². The first-order valence-electron chi connectivity index (χ1n) is 6.13. The van der Waals surface area contributed by atoms with Gasteiger partial charge < -0.3 is 14.4 Å². The van der Waals surface area contributed by atoms with E-state index in [4.69, 9.17) is 9.47 Å². The van der Waals surface area contributed by atoms with E-state index in [2.05, 4.69) is 0 Å². The Morgan fingerprint density at radius 1 is 1.32 bits per heavy atom. The molecule has 1 aromatic carbocycles. The maximum atomic E-state index is 12.1. The maximum Gasteiger partial charge on any atom is 0.311 e. The molecule has 2 atom stereocenters. The van der Waals surface area contributed by atoms with Crippen LogP contribution in [0.2, 0.25) is 0 Å². The molecular weight excluding hydrogens is 246 g/mol. The standard InChI is InChI=1S/C14H17NO4/c1-9-10(14(17)19-3)8-13(16)15(9)11-6-4-5-7-12(11)18-2/h4-7,9-10H,8H2,1-3H3. The van der Waals surface area contributed by atoms with Crippen LogP contribution in [-0.4, -0.2) is 32.1 Å². The molecule has 0 spiro atoms. The van der Waals surface area contributed by atoms with Gasteiger partial charge in [0.05, 0.1) is 25.8 Å². The molecule has 1 aliphatic rings. The molecule has 0 saturated carbocycles. The smallest absolute Gasteiger partial charge is 0.311 e. The molecule has 0 bridgehead atoms. The van der Waals surface area contributed by atoms with E-state index in [0.717, 1.165) is 0 Å². The lowest BCUT2D eigenvalue weighted by molar-refractivity contribution is -0.146. The lowest BCUT2D eigenvalue weighted by Crippen LogP contribution is -2.35. The number of hydrogen-bond donors (Lipinski definition) is 0. The lowest BCUT2D eigenvalue weighted by atomic mass is 10.0. The summed E-state index contributed by atoms with van der Waals surface area (Å²) in [7, 11) is 2.90. The number of rotatable bonds is 3. The van der Waals surface area contributed by atoms with E-state index in [9.17, 15) is 9.59 Å². The summed E-state index contributed by atoms with van der Waals surface area (Å²) in [6.07, 6.45) is 0.173. The molecule has 5 nitrogen and oxygen atoms in total. The van der Waals surface area contributed by atoms with Crippen molar-refractivity contribution >= 4 is 17.6 Å². The van der Waals surface area contributed by atoms with Crippen molar-refractivity contribution in [3.8, 4) is 5.75 Å². The first-order valence-corrected chi connectivity index (χ1v) is 6.13. The Bertz CT molecular complexity index is 500. The van der Waals surface area contributed by atoms with Gasteiger partial charge in [0.1, 0.15) is 5.75 Å². The average molecular weight is 263 g/mol. The van der Waals surface area contributed by atoms with E-state index >= 15 is 0 Å². The molecule has 1 fully saturated rings. The van der Waals surface area contributed by atoms with Crippen LogP contribution < -0.4 is 9.64 Å². The Morgan fingerprint density at radius 2 is 2.00 bits per heavy atom. The predicted octanol–water partition coefficient (Wildman–Crippen LogP) is 1.61. The Kier molecular flexibility index (Phi) is 3.74. The molecule has 0 aromatic heterocycles. The van der Waals surface area contributed by atoms with Crippen LogP contribution in [0.4, 0.5) is 5.69 Å². The van der Waals surface area contributed by atoms with Crippen molar-refractivity contribution in [2.75, 3.05) is 19.1 Å². The van der Waals surface area contributed by atoms with Crippen LogP contribution in [-0.2, 0) is 14.3 Å². The highest BCUT2D eigenvalue weighted by molar-refractivity contribution is 6.01. The minimum absolute atomic E-state index is 0.0904. The second-order valence-electron chi connectivity index (χ2n) is 4.51. The van der Waals surface area contributed by atoms with E-state index < -0.39 is 5.92 Å². The van der Waals surface area contributed by atoms with Gasteiger partial charge in [-0.25, -0.2) is 0 Å². The molecule has 2 rings (SSSR count). The van der Waals surface area contributed by atoms with Gasteiger partial charge in [0.15, 0.2) is 0 Å². The third kappa shape index (κ3) is 2.28. The first-order chi connectivity index (χ1) is 9.10. The number of carbonyl (C=O) groups is 2. The van der Waals surface area contributed by atoms with Crippen molar-refractivity contribution in [3.05, 3.63) is 24.3 Å². The molecule has 1 aromatic rings. The minimum atomic E-state index is -0.428. The van der Waals surface area contributed by atoms with Gasteiger partial charge in [-0.3, -0.25) is 9.59 Å². The predicted molar refractivity (Wildman–Crippen MR) is 70.1 cm³/mol. The van der Waals surface area contributed by atoms with Crippen molar-refractivity contribution < 1.29 is 19.1 Å². The molecule has 1 heterocycles. The topological polar surface area (TPSA) is 55.8 Å². The molecule has 0 aliphatic carbocycles. The van der Waals surface area contributed by atoms with Crippen LogP contribution in [0.3, 0.4) is 0 Å². The van der Waals surface area contributed by atoms with Gasteiger partial charge in [0.2, 0.25) is 5.91 Å². The van der Waals surface area contributed by atoms with Gasteiger partial charge in [0.25, 0.3) is 0 Å². The fraction of sp³-hybridized carbons (Fsp3) is 0.429. The van der Waals surface area contributed by atoms with E-state index in [0.29, 0.717) is 11.4 Å². The summed E-state index contributed by atoms with van der Waals surface area (Å²) < 4.78 is 10.0. The van der Waals surface area contributed by atoms with Crippen LogP contribution in [0.1, 0.15) is 13.3 Å². The number of para-hydroxylation sites is 2. The summed E-state index contributed by atoms with van der Waals surface area (Å²) in [5.74, 6) is -0.249. The SMILES string of the molecule is COC(=O)C1CC(=O)N(c2ccccc2OC)C1C. The molecular formula is C14H17NO4. The number of amides is 1. The van der Waals surface area contributed by atoms with E-state index in [1.807, 2.05) is 25.1 Å². The molecule has 102 valence electrons. The summed E-state index contributed by atoms with van der Waals surface area (Å²) in [6.45, 7) is 1.85. The third-order valence-electron chi connectivity index (χ3n) is 3.50. The van der Waals surface area contributed by atoms with Gasteiger partial charge >= 0.3 is 5.97 Å². The zero-order valence-corrected chi connectivity index (χ0v) is 11.3. The summed E-state index contributed by atoms with van der Waals surface area (Å²) in [6, 6.07) is 7.04. The Balaban J connectivity index is 2.35. The van der Waals surface area contributed by atoms with Gasteiger partial charge in [-0.15, -0.1) is 0 Å². The fourth-order valence-electron chi connectivity index (χ4n) is 2.48. The number of esters is 1. The van der Waals surface area contributed by atoms with Crippen molar-refractivity contribution in [1.82, 2.24) is 0 Å². The van der Waals surface area contributed by atoms with Crippen LogP contribution in [0, 0.1) is 5.92 Å². The van der Waals surface area contributed by atoms with Crippen molar-refractivity contribution in [3.63, 3.8) is 0 Å². The quantitative estimate of drug-likeness (QED) is 0.777. The number of carbonyl (C=O) groups excluding carboxylic acids is 2. The number of anilines is 1. The van der Waals surface area contributed by atoms with E-state index in [-0.39, 0.29) is 24.3 Å². The van der Waals surface area contributed by atoms with Gasteiger partial charge in [0, 0.05) is 12.5 Å². The highest BCUT2D eigenvalue weighted by Crippen LogP contribution is 2.36. The molecule has 1 amide bonds. The molecule has 1 aliphatic heterocycles. The fourth-order valence-corrected chi connectivity index (χ4v) is 2.48. The summed E-state index contributed by atoms with van der Waals surface area (Å²) >= 11 is 0. The van der Waals surface area contributed by atoms with Gasteiger partial charge in [-0.2, -0.15) is 0 Å². The second kappa shape index (κ2) is 5.30. The molecule has 5 heteroatoms. The second-order valence-corrected chi connectivity index (χ2v) is 4.51. The number of hydrogen-bond acceptors (Lipinski definition) is 4. The molecule has 0 N–H and O–H groups in total. The number of benzene rings is 1. The number of methoxy groups -OCH3 is 2. The molecule has 1 saturated heterocycles. The summed E-state index contributed by atoms with van der Waals surface area (Å²) in [5.41, 5.74) is 0.689. The molecule has 0 radical (unpaired) electrons. The highest BCUT2D eigenvalue weighted by Gasteiger charge is 2.43. The van der Waals surface area contributed by atoms with Crippen LogP contribution in [0.25, 0.3) is 0 Å². The Hall–Kier alpha value is -2.04. The monoisotopic (exact) mass is 263 g/mol. The first kappa shape index (κ1) is 13.4. The Morgan fingerprint density at radius 3 is 2.63 bits per heavy atom. The van der Waals surface area contributed by atoms with Crippen LogP contribution in [0.15, 0.2) is 24.3 Å². The van der Waals surface area contributed by atoms with E-state index in [1.165, 1.54) is 7.11 Å². The van der Waals surface area contributed by atoms with Crippen molar-refractivity contribution in [2.45, 2.75) is 19.4 Å². The summed E-state index contributed by atoms with van der Waals surface area (Å²) in [5, 5.41) is 0. The maximum absolute atomic E-state index is 12.1. The lowest BCUT2D eigenvalue weighted by Gasteiger charge is -2.25. The highest BCUT2D eigenvalue weighted by atomic mass is 16.5. The Labute approximate surface area is 112 Å². The van der Waals surface area contributed by atoms with Crippen molar-refractivity contribution in [2.24, 2.45) is 5.92 Å². The number of ether oxygens (including phenoxy) is 2. The van der Waals surface area contributed by atoms with Gasteiger partial charge in [-0.1, -0.05) is 12.1 Å². The average Bonchev–Trinajstić information content (AvgIpc) is 2.73.